The largest absolute Gasteiger partial charge is 0.393 e. The van der Waals surface area contributed by atoms with Crippen molar-refractivity contribution >= 4 is 37.9 Å². The van der Waals surface area contributed by atoms with Crippen LogP contribution in [-0.4, -0.2) is 46.9 Å². The maximum absolute atomic E-state index is 12.6. The average molecular weight is 336 g/mol. The number of aromatic nitrogens is 2. The minimum absolute atomic E-state index is 0.00246. The van der Waals surface area contributed by atoms with Gasteiger partial charge in [-0.2, -0.15) is 4.31 Å². The van der Waals surface area contributed by atoms with Gasteiger partial charge in [-0.15, -0.1) is 11.3 Å². The highest BCUT2D eigenvalue weighted by Crippen LogP contribution is 2.31. The lowest BCUT2D eigenvalue weighted by atomic mass is 9.82. The molecule has 20 heavy (non-hydrogen) atoms. The van der Waals surface area contributed by atoms with E-state index in [1.54, 1.807) is 11.6 Å². The molecule has 0 unspecified atom stereocenters. The standard InChI is InChI=1S/C11H14ClN3O3S2/c1-14(6-7-4-8(16)5-7)20(17,18)10-9(12)13-11-15(10)2-3-19-11/h2-3,7-8,16H,4-6H2,1H3. The highest BCUT2D eigenvalue weighted by molar-refractivity contribution is 7.89. The molecular weight excluding hydrogens is 322 g/mol. The molecule has 1 aliphatic carbocycles. The Bertz CT molecular complexity index is 733. The van der Waals surface area contributed by atoms with Gasteiger partial charge in [-0.05, 0) is 18.8 Å². The number of rotatable bonds is 4. The van der Waals surface area contributed by atoms with E-state index in [1.165, 1.54) is 27.1 Å². The second kappa shape index (κ2) is 4.96. The number of fused-ring (bicyclic) bond motifs is 1. The zero-order chi connectivity index (χ0) is 14.5. The second-order valence-corrected chi connectivity index (χ2v) is 8.23. The maximum Gasteiger partial charge on any atom is 0.262 e. The van der Waals surface area contributed by atoms with Crippen molar-refractivity contribution in [2.45, 2.75) is 24.0 Å². The van der Waals surface area contributed by atoms with Gasteiger partial charge in [0, 0.05) is 25.2 Å². The van der Waals surface area contributed by atoms with Gasteiger partial charge in [-0.25, -0.2) is 13.4 Å². The van der Waals surface area contributed by atoms with Crippen molar-refractivity contribution in [3.8, 4) is 0 Å². The van der Waals surface area contributed by atoms with Crippen molar-refractivity contribution in [2.24, 2.45) is 5.92 Å². The van der Waals surface area contributed by atoms with Gasteiger partial charge in [0.15, 0.2) is 15.1 Å². The molecule has 0 saturated heterocycles. The van der Waals surface area contributed by atoms with Crippen LogP contribution >= 0.6 is 22.9 Å². The Kier molecular flexibility index (Phi) is 3.54. The lowest BCUT2D eigenvalue weighted by molar-refractivity contribution is 0.0367. The first-order chi connectivity index (χ1) is 9.39. The smallest absolute Gasteiger partial charge is 0.262 e. The summed E-state index contributed by atoms with van der Waals surface area (Å²) in [5, 5.41) is 11.0. The van der Waals surface area contributed by atoms with Gasteiger partial charge in [0.05, 0.1) is 6.10 Å². The van der Waals surface area contributed by atoms with Gasteiger partial charge in [-0.3, -0.25) is 4.40 Å². The third-order valence-electron chi connectivity index (χ3n) is 3.56. The molecule has 1 aliphatic rings. The molecule has 0 spiro atoms. The maximum atomic E-state index is 12.6. The summed E-state index contributed by atoms with van der Waals surface area (Å²) >= 11 is 7.31. The fourth-order valence-corrected chi connectivity index (χ4v) is 5.07. The first-order valence-electron chi connectivity index (χ1n) is 6.15. The molecule has 110 valence electrons. The lowest BCUT2D eigenvalue weighted by Gasteiger charge is -2.33. The summed E-state index contributed by atoms with van der Waals surface area (Å²) in [6.07, 6.45) is 2.65. The lowest BCUT2D eigenvalue weighted by Crippen LogP contribution is -2.39. The summed E-state index contributed by atoms with van der Waals surface area (Å²) in [4.78, 5) is 4.60. The number of imidazole rings is 1. The molecule has 0 bridgehead atoms. The van der Waals surface area contributed by atoms with Crippen LogP contribution in [0.15, 0.2) is 16.6 Å². The highest BCUT2D eigenvalue weighted by Gasteiger charge is 2.34. The predicted octanol–water partition coefficient (Wildman–Crippen LogP) is 1.44. The third-order valence-corrected chi connectivity index (χ3v) is 6.54. The molecule has 3 rings (SSSR count). The Morgan fingerprint density at radius 1 is 1.60 bits per heavy atom. The minimum atomic E-state index is -3.68. The molecule has 0 aliphatic heterocycles. The van der Waals surface area contributed by atoms with E-state index >= 15 is 0 Å². The first-order valence-corrected chi connectivity index (χ1v) is 8.85. The van der Waals surface area contributed by atoms with Gasteiger partial charge >= 0.3 is 0 Å². The summed E-state index contributed by atoms with van der Waals surface area (Å²) in [7, 11) is -2.15. The van der Waals surface area contributed by atoms with Crippen LogP contribution in [-0.2, 0) is 10.0 Å². The second-order valence-electron chi connectivity index (χ2n) is 5.04. The summed E-state index contributed by atoms with van der Waals surface area (Å²) in [5.41, 5.74) is 0. The van der Waals surface area contributed by atoms with Gasteiger partial charge in [-0.1, -0.05) is 11.6 Å². The molecule has 9 heteroatoms. The number of nitrogens with zero attached hydrogens (tertiary/aromatic N) is 3. The molecule has 2 aromatic rings. The van der Waals surface area contributed by atoms with E-state index in [9.17, 15) is 13.5 Å². The molecule has 0 amide bonds. The van der Waals surface area contributed by atoms with Crippen LogP contribution in [0.3, 0.4) is 0 Å². The summed E-state index contributed by atoms with van der Waals surface area (Å²) in [6, 6.07) is 0. The molecule has 0 aromatic carbocycles. The molecule has 2 aromatic heterocycles. The topological polar surface area (TPSA) is 74.9 Å². The van der Waals surface area contributed by atoms with E-state index in [-0.39, 0.29) is 22.2 Å². The van der Waals surface area contributed by atoms with Crippen LogP contribution in [0.25, 0.3) is 4.96 Å². The summed E-state index contributed by atoms with van der Waals surface area (Å²) in [6.45, 7) is 0.382. The average Bonchev–Trinajstić information content (AvgIpc) is 2.85. The molecule has 0 atom stereocenters. The molecule has 1 fully saturated rings. The van der Waals surface area contributed by atoms with Crippen molar-refractivity contribution in [1.82, 2.24) is 13.7 Å². The number of halogens is 1. The molecule has 1 saturated carbocycles. The van der Waals surface area contributed by atoms with Gasteiger partial charge in [0.1, 0.15) is 0 Å². The Balaban J connectivity index is 1.90. The number of sulfonamides is 1. The van der Waals surface area contributed by atoms with Crippen molar-refractivity contribution in [3.63, 3.8) is 0 Å². The highest BCUT2D eigenvalue weighted by atomic mass is 35.5. The van der Waals surface area contributed by atoms with Crippen LogP contribution < -0.4 is 0 Å². The molecule has 6 nitrogen and oxygen atoms in total. The zero-order valence-corrected chi connectivity index (χ0v) is 13.1. The number of aliphatic hydroxyl groups is 1. The van der Waals surface area contributed by atoms with E-state index in [4.69, 9.17) is 11.6 Å². The fraction of sp³-hybridized carbons (Fsp3) is 0.545. The number of aliphatic hydroxyl groups excluding tert-OH is 1. The van der Waals surface area contributed by atoms with Crippen LogP contribution in [0.1, 0.15) is 12.8 Å². The molecule has 1 N–H and O–H groups in total. The van der Waals surface area contributed by atoms with Crippen LogP contribution in [0.2, 0.25) is 5.15 Å². The first kappa shape index (κ1) is 14.3. The number of hydrogen-bond acceptors (Lipinski definition) is 5. The molecule has 0 radical (unpaired) electrons. The minimum Gasteiger partial charge on any atom is -0.393 e. The third kappa shape index (κ3) is 2.25. The van der Waals surface area contributed by atoms with Gasteiger partial charge < -0.3 is 5.11 Å². The van der Waals surface area contributed by atoms with Crippen LogP contribution in [0, 0.1) is 5.92 Å². The quantitative estimate of drug-likeness (QED) is 0.917. The van der Waals surface area contributed by atoms with Crippen molar-refractivity contribution in [2.75, 3.05) is 13.6 Å². The van der Waals surface area contributed by atoms with Crippen molar-refractivity contribution in [3.05, 3.63) is 16.7 Å². The van der Waals surface area contributed by atoms with E-state index in [1.807, 2.05) is 0 Å². The molecular formula is C11H14ClN3O3S2. The monoisotopic (exact) mass is 335 g/mol. The van der Waals surface area contributed by atoms with Gasteiger partial charge in [0.25, 0.3) is 10.0 Å². The zero-order valence-electron chi connectivity index (χ0n) is 10.7. The normalized spacial score (nSPS) is 23.4. The Hall–Kier alpha value is -0.670. The van der Waals surface area contributed by atoms with Crippen LogP contribution in [0.4, 0.5) is 0 Å². The van der Waals surface area contributed by atoms with Crippen molar-refractivity contribution in [1.29, 1.82) is 0 Å². The van der Waals surface area contributed by atoms with E-state index in [2.05, 4.69) is 4.98 Å². The summed E-state index contributed by atoms with van der Waals surface area (Å²) in [5.74, 6) is 0.203. The number of thiazole rings is 1. The Labute approximate surface area is 125 Å². The Morgan fingerprint density at radius 3 is 2.95 bits per heavy atom. The predicted molar refractivity (Wildman–Crippen MR) is 76.6 cm³/mol. The van der Waals surface area contributed by atoms with E-state index in [0.717, 1.165) is 0 Å². The fourth-order valence-electron chi connectivity index (χ4n) is 2.43. The van der Waals surface area contributed by atoms with E-state index < -0.39 is 10.0 Å². The van der Waals surface area contributed by atoms with Crippen molar-refractivity contribution < 1.29 is 13.5 Å². The summed E-state index contributed by atoms with van der Waals surface area (Å²) < 4.78 is 28.0. The Morgan fingerprint density at radius 2 is 2.30 bits per heavy atom. The van der Waals surface area contributed by atoms with Gasteiger partial charge in [0.2, 0.25) is 0 Å². The van der Waals surface area contributed by atoms with Crippen LogP contribution in [0.5, 0.6) is 0 Å². The van der Waals surface area contributed by atoms with E-state index in [0.29, 0.717) is 24.3 Å². The molecule has 2 heterocycles. The number of hydrogen-bond donors (Lipinski definition) is 1. The SMILES string of the molecule is CN(CC1CC(O)C1)S(=O)(=O)c1c(Cl)nc2sccn12.